The highest BCUT2D eigenvalue weighted by Crippen LogP contribution is 2.47. The fraction of sp³-hybridized carbons (Fsp3) is 0.514. The molecule has 5 atom stereocenters. The van der Waals surface area contributed by atoms with E-state index in [2.05, 4.69) is 24.5 Å². The third-order valence-electron chi connectivity index (χ3n) is 9.64. The number of carbonyl (C=O) groups excluding carboxylic acids is 2. The summed E-state index contributed by atoms with van der Waals surface area (Å²) in [4.78, 5) is 49.4. The highest BCUT2D eigenvalue weighted by atomic mass is 32.1. The average Bonchev–Trinajstić information content (AvgIpc) is 3.33. The molecule has 10 nitrogen and oxygen atoms in total. The third kappa shape index (κ3) is 6.21. The lowest BCUT2D eigenvalue weighted by Gasteiger charge is -2.21. The predicted octanol–water partition coefficient (Wildman–Crippen LogP) is 5.78. The topological polar surface area (TPSA) is 140 Å². The molecule has 3 aromatic rings. The number of carboxylic acids is 1. The molecule has 2 aromatic heterocycles. The molecule has 1 aliphatic heterocycles. The summed E-state index contributed by atoms with van der Waals surface area (Å²) >= 11 is 1.53. The lowest BCUT2D eigenvalue weighted by Crippen LogP contribution is -2.49. The van der Waals surface area contributed by atoms with Crippen LogP contribution in [-0.2, 0) is 14.4 Å². The van der Waals surface area contributed by atoms with Crippen LogP contribution in [0.5, 0.6) is 11.5 Å². The molecule has 2 aliphatic carbocycles. The van der Waals surface area contributed by atoms with E-state index < -0.39 is 35.4 Å². The van der Waals surface area contributed by atoms with Crippen LogP contribution in [0.2, 0.25) is 0 Å². The molecule has 46 heavy (non-hydrogen) atoms. The Labute approximate surface area is 273 Å². The monoisotopic (exact) mass is 646 g/mol. The van der Waals surface area contributed by atoms with E-state index in [1.54, 1.807) is 7.11 Å². The summed E-state index contributed by atoms with van der Waals surface area (Å²) in [5, 5.41) is 19.6. The largest absolute Gasteiger partial charge is 0.496 e. The van der Waals surface area contributed by atoms with Crippen LogP contribution in [0.1, 0.15) is 76.0 Å². The van der Waals surface area contributed by atoms with Gasteiger partial charge in [0.15, 0.2) is 0 Å². The predicted molar refractivity (Wildman–Crippen MR) is 176 cm³/mol. The zero-order chi connectivity index (χ0) is 32.6. The fourth-order valence-electron chi connectivity index (χ4n) is 6.77. The zero-order valence-electron chi connectivity index (χ0n) is 26.8. The number of hydrogen-bond donors (Lipinski definition) is 3. The maximum atomic E-state index is 13.8. The molecule has 0 spiro atoms. The van der Waals surface area contributed by atoms with Gasteiger partial charge in [0, 0.05) is 34.9 Å². The number of fused-ring (bicyclic) bond motifs is 3. The number of carboxylic acid groups (broad SMARTS) is 1. The first kappa shape index (κ1) is 32.0. The number of aliphatic carboxylic acids is 1. The molecule has 3 N–H and O–H groups in total. The number of rotatable bonds is 6. The minimum absolute atomic E-state index is 0.194. The molecule has 0 bridgehead atoms. The standard InChI is InChI=1S/C35H42N4O6S/c1-19(2)27-18-46-33(38-27)26-16-29(23-11-12-28(44-4)20(3)30(23)37-26)45-22-14-24-25(15-22)32(41)39-35(34(42)43)17-21(35)10-8-6-5-7-9-13-36-31(24)40/h8,10-12,16,18-19,21-22,24-25H,5-7,9,13-15,17H2,1-4H3,(H,36,40)(H,39,41)(H,42,43)/t21-,22+,24-,25-,35-/m1/s1. The van der Waals surface area contributed by atoms with Crippen LogP contribution in [0.4, 0.5) is 0 Å². The van der Waals surface area contributed by atoms with Gasteiger partial charge >= 0.3 is 5.97 Å². The van der Waals surface area contributed by atoms with E-state index in [-0.39, 0.29) is 24.2 Å². The van der Waals surface area contributed by atoms with E-state index in [4.69, 9.17) is 19.4 Å². The van der Waals surface area contributed by atoms with Crippen molar-refractivity contribution in [3.05, 3.63) is 47.0 Å². The molecule has 1 aromatic carbocycles. The number of methoxy groups -OCH3 is 1. The first-order chi connectivity index (χ1) is 22.1. The second-order valence-corrected chi connectivity index (χ2v) is 14.0. The van der Waals surface area contributed by atoms with E-state index >= 15 is 0 Å². The normalized spacial score (nSPS) is 26.8. The first-order valence-corrected chi connectivity index (χ1v) is 17.1. The zero-order valence-corrected chi connectivity index (χ0v) is 27.6. The highest BCUT2D eigenvalue weighted by molar-refractivity contribution is 7.13. The van der Waals surface area contributed by atoms with Crippen molar-refractivity contribution in [1.29, 1.82) is 0 Å². The van der Waals surface area contributed by atoms with Crippen molar-refractivity contribution in [2.24, 2.45) is 17.8 Å². The van der Waals surface area contributed by atoms with Gasteiger partial charge in [0.2, 0.25) is 11.8 Å². The van der Waals surface area contributed by atoms with Crippen LogP contribution < -0.4 is 20.1 Å². The number of aromatic nitrogens is 2. The minimum Gasteiger partial charge on any atom is -0.496 e. The van der Waals surface area contributed by atoms with Gasteiger partial charge in [0.1, 0.15) is 33.8 Å². The molecule has 2 saturated carbocycles. The van der Waals surface area contributed by atoms with Crippen LogP contribution >= 0.6 is 11.3 Å². The van der Waals surface area contributed by atoms with E-state index in [9.17, 15) is 19.5 Å². The molecule has 0 unspecified atom stereocenters. The Bertz CT molecular complexity index is 1680. The second kappa shape index (κ2) is 13.0. The number of hydrogen-bond acceptors (Lipinski definition) is 8. The van der Waals surface area contributed by atoms with Gasteiger partial charge in [0.25, 0.3) is 0 Å². The number of nitrogens with one attached hydrogen (secondary N) is 2. The summed E-state index contributed by atoms with van der Waals surface area (Å²) in [6.07, 6.45) is 8.04. The third-order valence-corrected chi connectivity index (χ3v) is 10.5. The maximum Gasteiger partial charge on any atom is 0.330 e. The van der Waals surface area contributed by atoms with E-state index in [1.807, 2.05) is 42.7 Å². The van der Waals surface area contributed by atoms with Crippen molar-refractivity contribution in [1.82, 2.24) is 20.6 Å². The Morgan fingerprint density at radius 1 is 1.09 bits per heavy atom. The number of thiazole rings is 1. The van der Waals surface area contributed by atoms with Crippen molar-refractivity contribution in [3.63, 3.8) is 0 Å². The molecule has 0 radical (unpaired) electrons. The molecule has 0 saturated heterocycles. The van der Waals surface area contributed by atoms with Gasteiger partial charge in [-0.25, -0.2) is 14.8 Å². The molecule has 6 rings (SSSR count). The van der Waals surface area contributed by atoms with E-state index in [0.29, 0.717) is 36.6 Å². The number of benzene rings is 1. The smallest absolute Gasteiger partial charge is 0.330 e. The molecular weight excluding hydrogens is 604 g/mol. The lowest BCUT2D eigenvalue weighted by atomic mass is 9.93. The van der Waals surface area contributed by atoms with Crippen LogP contribution in [0, 0.1) is 24.7 Å². The molecule has 2 fully saturated rings. The number of aryl methyl sites for hydroxylation is 1. The number of nitrogens with zero attached hydrogens (tertiary/aromatic N) is 2. The Morgan fingerprint density at radius 2 is 1.87 bits per heavy atom. The number of amides is 2. The van der Waals surface area contributed by atoms with E-state index in [0.717, 1.165) is 52.9 Å². The number of pyridine rings is 1. The van der Waals surface area contributed by atoms with Gasteiger partial charge in [-0.3, -0.25) is 9.59 Å². The van der Waals surface area contributed by atoms with Gasteiger partial charge in [-0.15, -0.1) is 11.3 Å². The summed E-state index contributed by atoms with van der Waals surface area (Å²) < 4.78 is 12.3. The Morgan fingerprint density at radius 3 is 2.59 bits per heavy atom. The van der Waals surface area contributed by atoms with Crippen molar-refractivity contribution in [3.8, 4) is 22.2 Å². The first-order valence-electron chi connectivity index (χ1n) is 16.2. The van der Waals surface area contributed by atoms with Gasteiger partial charge < -0.3 is 25.2 Å². The van der Waals surface area contributed by atoms with Gasteiger partial charge in [-0.2, -0.15) is 0 Å². The van der Waals surface area contributed by atoms with Gasteiger partial charge in [0.05, 0.1) is 30.2 Å². The average molecular weight is 647 g/mol. The molecule has 11 heteroatoms. The van der Waals surface area contributed by atoms with Crippen molar-refractivity contribution in [2.45, 2.75) is 83.3 Å². The summed E-state index contributed by atoms with van der Waals surface area (Å²) in [6, 6.07) is 5.69. The van der Waals surface area contributed by atoms with Crippen molar-refractivity contribution in [2.75, 3.05) is 13.7 Å². The second-order valence-electron chi connectivity index (χ2n) is 13.1. The summed E-state index contributed by atoms with van der Waals surface area (Å²) in [5.41, 5.74) is 1.93. The Balaban J connectivity index is 1.33. The van der Waals surface area contributed by atoms with Crippen LogP contribution in [0.25, 0.3) is 21.6 Å². The van der Waals surface area contributed by atoms with Crippen LogP contribution in [0.15, 0.2) is 35.7 Å². The molecule has 3 heterocycles. The Kier molecular flexibility index (Phi) is 9.05. The maximum absolute atomic E-state index is 13.8. The van der Waals surface area contributed by atoms with Crippen molar-refractivity contribution < 1.29 is 29.0 Å². The number of allylic oxidation sites excluding steroid dienone is 1. The molecule has 244 valence electrons. The highest BCUT2D eigenvalue weighted by Gasteiger charge is 2.61. The fourth-order valence-corrected chi connectivity index (χ4v) is 7.71. The quantitative estimate of drug-likeness (QED) is 0.287. The SMILES string of the molecule is COc1ccc2c(O[C@H]3C[C@H]4C(=O)NCCCCCC=C[C@@H]5C[C@@]5(C(=O)O)NC(=O)[C@@H]4C3)cc(-c3nc(C(C)C)cs3)nc2c1C. The summed E-state index contributed by atoms with van der Waals surface area (Å²) in [7, 11) is 1.63. The Hall–Kier alpha value is -3.99. The summed E-state index contributed by atoms with van der Waals surface area (Å²) in [5.74, 6) is -1.70. The molecule has 2 amide bonds. The number of ether oxygens (including phenoxy) is 2. The van der Waals surface area contributed by atoms with Gasteiger partial charge in [-0.1, -0.05) is 32.4 Å². The summed E-state index contributed by atoms with van der Waals surface area (Å²) in [6.45, 7) is 6.69. The molecular formula is C35H42N4O6S. The van der Waals surface area contributed by atoms with Crippen molar-refractivity contribution >= 4 is 40.0 Å². The minimum atomic E-state index is -1.33. The van der Waals surface area contributed by atoms with Crippen LogP contribution in [-0.4, -0.2) is 58.2 Å². The van der Waals surface area contributed by atoms with Crippen LogP contribution in [0.3, 0.4) is 0 Å². The van der Waals surface area contributed by atoms with E-state index in [1.165, 1.54) is 11.3 Å². The van der Waals surface area contributed by atoms with Gasteiger partial charge in [-0.05, 0) is 63.5 Å². The number of carbonyl (C=O) groups is 3. The lowest BCUT2D eigenvalue weighted by molar-refractivity contribution is -0.144. The molecule has 3 aliphatic rings.